The zero-order valence-electron chi connectivity index (χ0n) is 6.93. The second-order valence-electron chi connectivity index (χ2n) is 2.24. The van der Waals surface area contributed by atoms with E-state index >= 15 is 0 Å². The highest BCUT2D eigenvalue weighted by molar-refractivity contribution is 6.31. The van der Waals surface area contributed by atoms with Crippen molar-refractivity contribution < 1.29 is 13.5 Å². The zero-order chi connectivity index (χ0) is 9.84. The molecule has 1 radical (unpaired) electrons. The second kappa shape index (κ2) is 4.41. The van der Waals surface area contributed by atoms with Crippen LogP contribution in [0.15, 0.2) is 0 Å². The molecule has 0 saturated heterocycles. The molecule has 0 spiro atoms. The van der Waals surface area contributed by atoms with Gasteiger partial charge in [-0.2, -0.15) is 5.10 Å². The quantitative estimate of drug-likeness (QED) is 0.759. The van der Waals surface area contributed by atoms with Crippen LogP contribution in [0.2, 0.25) is 5.02 Å². The Balaban J connectivity index is 2.80. The van der Waals surface area contributed by atoms with Crippen molar-refractivity contribution in [2.75, 3.05) is 6.61 Å². The van der Waals surface area contributed by atoms with Crippen LogP contribution < -0.4 is 4.74 Å². The highest BCUT2D eigenvalue weighted by Crippen LogP contribution is 2.23. The van der Waals surface area contributed by atoms with E-state index in [1.807, 2.05) is 0 Å². The Morgan fingerprint density at radius 3 is 2.92 bits per heavy atom. The van der Waals surface area contributed by atoms with E-state index in [0.29, 0.717) is 6.61 Å². The number of halogens is 3. The van der Waals surface area contributed by atoms with Gasteiger partial charge in [-0.15, -0.1) is 0 Å². The van der Waals surface area contributed by atoms with Crippen LogP contribution >= 0.6 is 11.6 Å². The molecule has 0 aromatic carbocycles. The average Bonchev–Trinajstić information content (AvgIpc) is 2.35. The standard InChI is InChI=1S/C7H8ClF2N2O/c1-2-13-7-5(8)3-11-12(7)4-6(9)10/h6H,2,4H2,1H3. The van der Waals surface area contributed by atoms with Crippen molar-refractivity contribution in [3.05, 3.63) is 11.2 Å². The van der Waals surface area contributed by atoms with Crippen molar-refractivity contribution in [2.45, 2.75) is 19.9 Å². The summed E-state index contributed by atoms with van der Waals surface area (Å²) in [7, 11) is 0. The normalized spacial score (nSPS) is 10.8. The number of hydrogen-bond donors (Lipinski definition) is 0. The lowest BCUT2D eigenvalue weighted by atomic mass is 10.6. The molecule has 0 aliphatic rings. The molecule has 3 nitrogen and oxygen atoms in total. The van der Waals surface area contributed by atoms with E-state index in [1.165, 1.54) is 0 Å². The molecule has 6 heteroatoms. The smallest absolute Gasteiger partial charge is 0.258 e. The van der Waals surface area contributed by atoms with E-state index in [-0.39, 0.29) is 10.9 Å². The molecule has 0 aliphatic heterocycles. The Kier molecular flexibility index (Phi) is 3.48. The van der Waals surface area contributed by atoms with Crippen LogP contribution in [0.25, 0.3) is 0 Å². The first-order chi connectivity index (χ1) is 6.15. The van der Waals surface area contributed by atoms with Gasteiger partial charge in [0.1, 0.15) is 17.8 Å². The van der Waals surface area contributed by atoms with Gasteiger partial charge in [0.05, 0.1) is 6.61 Å². The van der Waals surface area contributed by atoms with Crippen LogP contribution in [0.5, 0.6) is 5.88 Å². The SMILES string of the molecule is CCOc1c(Cl)[c]nn1CC(F)F. The van der Waals surface area contributed by atoms with E-state index in [0.717, 1.165) is 4.68 Å². The number of hydrogen-bond acceptors (Lipinski definition) is 2. The molecule has 0 bridgehead atoms. The van der Waals surface area contributed by atoms with Gasteiger partial charge in [0.25, 0.3) is 6.43 Å². The first kappa shape index (κ1) is 10.2. The maximum atomic E-state index is 12.0. The van der Waals surface area contributed by atoms with Crippen molar-refractivity contribution >= 4 is 11.6 Å². The maximum Gasteiger partial charge on any atom is 0.258 e. The van der Waals surface area contributed by atoms with Crippen molar-refractivity contribution in [3.63, 3.8) is 0 Å². The number of nitrogens with zero attached hydrogens (tertiary/aromatic N) is 2. The van der Waals surface area contributed by atoms with Crippen molar-refractivity contribution in [3.8, 4) is 5.88 Å². The fraction of sp³-hybridized carbons (Fsp3) is 0.571. The molecule has 1 aromatic heterocycles. The lowest BCUT2D eigenvalue weighted by Crippen LogP contribution is -2.10. The summed E-state index contributed by atoms with van der Waals surface area (Å²) in [5, 5.41) is 3.66. The zero-order valence-corrected chi connectivity index (χ0v) is 7.68. The van der Waals surface area contributed by atoms with Gasteiger partial charge in [-0.1, -0.05) is 11.6 Å². The van der Waals surface area contributed by atoms with Crippen LogP contribution in [-0.2, 0) is 6.54 Å². The number of aromatic nitrogens is 2. The fourth-order valence-corrected chi connectivity index (χ4v) is 1.03. The Morgan fingerprint density at radius 1 is 1.69 bits per heavy atom. The molecule has 73 valence electrons. The van der Waals surface area contributed by atoms with Gasteiger partial charge in [0, 0.05) is 0 Å². The van der Waals surface area contributed by atoms with Gasteiger partial charge in [0.2, 0.25) is 5.88 Å². The first-order valence-electron chi connectivity index (χ1n) is 3.70. The summed E-state index contributed by atoms with van der Waals surface area (Å²) in [6.45, 7) is 1.55. The largest absolute Gasteiger partial charge is 0.477 e. The van der Waals surface area contributed by atoms with Crippen LogP contribution in [-0.4, -0.2) is 22.8 Å². The summed E-state index contributed by atoms with van der Waals surface area (Å²) in [6.07, 6.45) is -0.135. The summed E-state index contributed by atoms with van der Waals surface area (Å²) in [5.74, 6) is 0.143. The molecule has 0 saturated carbocycles. The minimum Gasteiger partial charge on any atom is -0.477 e. The first-order valence-corrected chi connectivity index (χ1v) is 4.07. The third-order valence-electron chi connectivity index (χ3n) is 1.28. The molecule has 0 amide bonds. The molecule has 0 N–H and O–H groups in total. The molecule has 1 rings (SSSR count). The highest BCUT2D eigenvalue weighted by atomic mass is 35.5. The van der Waals surface area contributed by atoms with E-state index in [1.54, 1.807) is 6.92 Å². The minimum absolute atomic E-state index is 0.127. The molecule has 0 unspecified atom stereocenters. The van der Waals surface area contributed by atoms with Crippen molar-refractivity contribution in [1.82, 2.24) is 9.78 Å². The Labute approximate surface area is 79.2 Å². The maximum absolute atomic E-state index is 12.0. The van der Waals surface area contributed by atoms with Gasteiger partial charge in [0.15, 0.2) is 0 Å². The third kappa shape index (κ3) is 2.55. The van der Waals surface area contributed by atoms with Crippen LogP contribution in [0.1, 0.15) is 6.92 Å². The minimum atomic E-state index is -2.48. The lowest BCUT2D eigenvalue weighted by molar-refractivity contribution is 0.116. The van der Waals surface area contributed by atoms with Gasteiger partial charge in [-0.25, -0.2) is 13.5 Å². The fourth-order valence-electron chi connectivity index (χ4n) is 0.840. The summed E-state index contributed by atoms with van der Waals surface area (Å²) in [6, 6.07) is 0. The number of alkyl halides is 2. The lowest BCUT2D eigenvalue weighted by Gasteiger charge is -2.06. The van der Waals surface area contributed by atoms with Crippen molar-refractivity contribution in [2.24, 2.45) is 0 Å². The molecule has 0 aliphatic carbocycles. The Hall–Kier alpha value is -0.840. The van der Waals surface area contributed by atoms with Gasteiger partial charge < -0.3 is 4.74 Å². The van der Waals surface area contributed by atoms with Gasteiger partial charge in [-0.3, -0.25) is 0 Å². The van der Waals surface area contributed by atoms with E-state index in [4.69, 9.17) is 16.3 Å². The predicted octanol–water partition coefficient (Wildman–Crippen LogP) is 2.00. The van der Waals surface area contributed by atoms with Gasteiger partial charge >= 0.3 is 0 Å². The molecule has 1 aromatic rings. The van der Waals surface area contributed by atoms with Crippen LogP contribution in [0.4, 0.5) is 8.78 Å². The summed E-state index contributed by atoms with van der Waals surface area (Å²) in [4.78, 5) is 0. The van der Waals surface area contributed by atoms with Crippen LogP contribution in [0.3, 0.4) is 0 Å². The Bertz CT molecular complexity index is 277. The number of ether oxygens (including phenoxy) is 1. The Morgan fingerprint density at radius 2 is 2.38 bits per heavy atom. The molecule has 1 heterocycles. The second-order valence-corrected chi connectivity index (χ2v) is 2.62. The monoisotopic (exact) mass is 209 g/mol. The molecule has 0 fully saturated rings. The topological polar surface area (TPSA) is 27.1 Å². The molecule has 13 heavy (non-hydrogen) atoms. The molecular formula is C7H8ClF2N2O. The summed E-state index contributed by atoms with van der Waals surface area (Å²) >= 11 is 5.60. The highest BCUT2D eigenvalue weighted by Gasteiger charge is 2.14. The van der Waals surface area contributed by atoms with E-state index in [2.05, 4.69) is 11.3 Å². The third-order valence-corrected chi connectivity index (χ3v) is 1.53. The summed E-state index contributed by atoms with van der Waals surface area (Å²) < 4.78 is 30.0. The van der Waals surface area contributed by atoms with Crippen LogP contribution in [0, 0.1) is 6.20 Å². The van der Waals surface area contributed by atoms with Crippen molar-refractivity contribution in [1.29, 1.82) is 0 Å². The van der Waals surface area contributed by atoms with Gasteiger partial charge in [-0.05, 0) is 6.92 Å². The van der Waals surface area contributed by atoms with E-state index in [9.17, 15) is 8.78 Å². The average molecular weight is 210 g/mol. The molecular weight excluding hydrogens is 202 g/mol. The predicted molar refractivity (Wildman–Crippen MR) is 43.2 cm³/mol. The van der Waals surface area contributed by atoms with E-state index < -0.39 is 13.0 Å². The number of rotatable bonds is 4. The molecule has 0 atom stereocenters. The summed E-state index contributed by atoms with van der Waals surface area (Å²) in [5.41, 5.74) is 0.